The lowest BCUT2D eigenvalue weighted by Gasteiger charge is -2.18. The standard InChI is InChI=1S/C70H110O6/c1-4-7-10-13-16-19-22-25-28-30-32-34-35-37-38-40-42-45-48-51-54-57-60-63-69(72)75-66-67(65-74-68(71)62-59-56-53-50-47-44-27-24-21-18-15-12-9-6-3)76-70(73)64-61-58-55-52-49-46-43-41-39-36-33-31-29-26-23-20-17-14-11-8-5-2/h7-8,10-11,16-17,19-20,24-29,32-34,36-38,41-43,45,51,54,67H,4-6,9,12-15,18,21-23,30-31,35,39-40,44,46-50,52-53,55-66H2,1-3H3/b10-7-,11-8-,19-16-,20-17-,27-24-,28-25-,29-26-,34-32-,36-33-,38-37-,43-41-,45-42-,54-51-. The number of esters is 3. The fourth-order valence-corrected chi connectivity index (χ4v) is 7.75. The number of carbonyl (C=O) groups excluding carboxylic acids is 3. The summed E-state index contributed by atoms with van der Waals surface area (Å²) in [6.45, 7) is 6.32. The van der Waals surface area contributed by atoms with Gasteiger partial charge in [0.2, 0.25) is 0 Å². The lowest BCUT2D eigenvalue weighted by Crippen LogP contribution is -2.30. The monoisotopic (exact) mass is 1050 g/mol. The summed E-state index contributed by atoms with van der Waals surface area (Å²) in [6.07, 6.45) is 90.9. The number of unbranched alkanes of at least 4 members (excludes halogenated alkanes) is 16. The van der Waals surface area contributed by atoms with E-state index in [1.165, 1.54) is 44.9 Å². The largest absolute Gasteiger partial charge is 0.462 e. The van der Waals surface area contributed by atoms with Crippen molar-refractivity contribution >= 4 is 17.9 Å². The Kier molecular flexibility index (Phi) is 58.5. The molecule has 0 fully saturated rings. The van der Waals surface area contributed by atoms with E-state index in [0.717, 1.165) is 154 Å². The van der Waals surface area contributed by atoms with Crippen molar-refractivity contribution < 1.29 is 28.6 Å². The van der Waals surface area contributed by atoms with Crippen LogP contribution in [-0.4, -0.2) is 37.2 Å². The highest BCUT2D eigenvalue weighted by Gasteiger charge is 2.19. The van der Waals surface area contributed by atoms with E-state index < -0.39 is 6.10 Å². The third kappa shape index (κ3) is 59.9. The molecule has 0 N–H and O–H groups in total. The zero-order valence-electron chi connectivity index (χ0n) is 48.7. The Morgan fingerprint density at radius 1 is 0.276 bits per heavy atom. The number of allylic oxidation sites excluding steroid dienone is 26. The second kappa shape index (κ2) is 62.6. The van der Waals surface area contributed by atoms with Gasteiger partial charge in [0.1, 0.15) is 13.2 Å². The van der Waals surface area contributed by atoms with Crippen LogP contribution in [0, 0.1) is 0 Å². The molecule has 1 unspecified atom stereocenters. The smallest absolute Gasteiger partial charge is 0.306 e. The van der Waals surface area contributed by atoms with E-state index in [1.807, 2.05) is 0 Å². The summed E-state index contributed by atoms with van der Waals surface area (Å²) in [7, 11) is 0. The highest BCUT2D eigenvalue weighted by atomic mass is 16.6. The van der Waals surface area contributed by atoms with Crippen molar-refractivity contribution in [3.63, 3.8) is 0 Å². The quantitative estimate of drug-likeness (QED) is 0.0261. The summed E-state index contributed by atoms with van der Waals surface area (Å²) in [5.41, 5.74) is 0. The third-order valence-corrected chi connectivity index (χ3v) is 12.2. The summed E-state index contributed by atoms with van der Waals surface area (Å²) in [5.74, 6) is -1.01. The minimum atomic E-state index is -0.824. The van der Waals surface area contributed by atoms with E-state index >= 15 is 0 Å². The summed E-state index contributed by atoms with van der Waals surface area (Å²) in [5, 5.41) is 0. The number of rotatable bonds is 53. The van der Waals surface area contributed by atoms with Crippen molar-refractivity contribution in [2.24, 2.45) is 0 Å². The fraction of sp³-hybridized carbons (Fsp3) is 0.586. The molecule has 0 aromatic carbocycles. The van der Waals surface area contributed by atoms with Gasteiger partial charge in [-0.3, -0.25) is 14.4 Å². The predicted molar refractivity (Wildman–Crippen MR) is 329 cm³/mol. The van der Waals surface area contributed by atoms with Gasteiger partial charge >= 0.3 is 17.9 Å². The zero-order chi connectivity index (χ0) is 55.0. The minimum Gasteiger partial charge on any atom is -0.462 e. The lowest BCUT2D eigenvalue weighted by atomic mass is 10.1. The Morgan fingerprint density at radius 3 is 0.868 bits per heavy atom. The van der Waals surface area contributed by atoms with Crippen LogP contribution in [0.3, 0.4) is 0 Å². The Hall–Kier alpha value is -4.97. The molecule has 6 heteroatoms. The number of carbonyl (C=O) groups is 3. The van der Waals surface area contributed by atoms with Crippen LogP contribution in [0.15, 0.2) is 158 Å². The summed E-state index contributed by atoms with van der Waals surface area (Å²) < 4.78 is 16.8. The van der Waals surface area contributed by atoms with Crippen molar-refractivity contribution in [2.75, 3.05) is 13.2 Å². The topological polar surface area (TPSA) is 78.9 Å². The molecular weight excluding hydrogens is 937 g/mol. The molecule has 0 aromatic rings. The van der Waals surface area contributed by atoms with Crippen LogP contribution in [0.5, 0.6) is 0 Å². The molecule has 6 nitrogen and oxygen atoms in total. The van der Waals surface area contributed by atoms with Crippen LogP contribution in [0.2, 0.25) is 0 Å². The first kappa shape index (κ1) is 71.0. The maximum absolute atomic E-state index is 12.9. The molecule has 0 spiro atoms. The van der Waals surface area contributed by atoms with Crippen LogP contribution < -0.4 is 0 Å². The van der Waals surface area contributed by atoms with E-state index in [9.17, 15) is 14.4 Å². The van der Waals surface area contributed by atoms with Gasteiger partial charge in [0.25, 0.3) is 0 Å². The SMILES string of the molecule is CC/C=C\C/C=C\C/C=C\C/C=C\C/C=C\C/C=C\C/C=C\CCCC(=O)OCC(COC(=O)CCCCCCC/C=C\CCCCCCC)OC(=O)CCCCCCC/C=C\C/C=C\C/C=C\C/C=C\C/C=C\CC. The molecule has 0 bridgehead atoms. The highest BCUT2D eigenvalue weighted by molar-refractivity contribution is 5.71. The first-order chi connectivity index (χ1) is 37.5. The maximum Gasteiger partial charge on any atom is 0.306 e. The van der Waals surface area contributed by atoms with Crippen LogP contribution in [-0.2, 0) is 28.6 Å². The lowest BCUT2D eigenvalue weighted by molar-refractivity contribution is -0.167. The first-order valence-corrected chi connectivity index (χ1v) is 30.5. The van der Waals surface area contributed by atoms with Gasteiger partial charge < -0.3 is 14.2 Å². The van der Waals surface area contributed by atoms with Gasteiger partial charge in [0.05, 0.1) is 0 Å². The predicted octanol–water partition coefficient (Wildman–Crippen LogP) is 20.9. The number of ether oxygens (including phenoxy) is 3. The molecule has 0 aliphatic carbocycles. The Morgan fingerprint density at radius 2 is 0.526 bits per heavy atom. The molecule has 0 rings (SSSR count). The molecule has 76 heavy (non-hydrogen) atoms. The molecule has 0 saturated carbocycles. The van der Waals surface area contributed by atoms with Gasteiger partial charge in [-0.05, 0) is 141 Å². The van der Waals surface area contributed by atoms with Crippen molar-refractivity contribution in [3.8, 4) is 0 Å². The van der Waals surface area contributed by atoms with Crippen molar-refractivity contribution in [1.29, 1.82) is 0 Å². The summed E-state index contributed by atoms with van der Waals surface area (Å²) in [4.78, 5) is 38.2. The summed E-state index contributed by atoms with van der Waals surface area (Å²) in [6, 6.07) is 0. The molecule has 0 radical (unpaired) electrons. The molecule has 0 saturated heterocycles. The van der Waals surface area contributed by atoms with E-state index in [1.54, 1.807) is 0 Å². The Bertz CT molecular complexity index is 1720. The van der Waals surface area contributed by atoms with E-state index in [4.69, 9.17) is 14.2 Å². The number of hydrogen-bond acceptors (Lipinski definition) is 6. The molecular formula is C70H110O6. The van der Waals surface area contributed by atoms with E-state index in [2.05, 4.69) is 179 Å². The number of hydrogen-bond donors (Lipinski definition) is 0. The minimum absolute atomic E-state index is 0.115. The normalized spacial score (nSPS) is 13.2. The van der Waals surface area contributed by atoms with E-state index in [-0.39, 0.29) is 44.0 Å². The molecule has 426 valence electrons. The Labute approximate surface area is 467 Å². The summed E-state index contributed by atoms with van der Waals surface area (Å²) >= 11 is 0. The van der Waals surface area contributed by atoms with Crippen molar-refractivity contribution in [1.82, 2.24) is 0 Å². The van der Waals surface area contributed by atoms with Crippen LogP contribution in [0.4, 0.5) is 0 Å². The second-order valence-electron chi connectivity index (χ2n) is 19.5. The fourth-order valence-electron chi connectivity index (χ4n) is 7.75. The highest BCUT2D eigenvalue weighted by Crippen LogP contribution is 2.13. The van der Waals surface area contributed by atoms with Crippen LogP contribution in [0.1, 0.15) is 245 Å². The molecule has 1 atom stereocenters. The molecule has 0 aromatic heterocycles. The average molecular weight is 1050 g/mol. The van der Waals surface area contributed by atoms with Crippen LogP contribution in [0.25, 0.3) is 0 Å². The first-order valence-electron chi connectivity index (χ1n) is 30.5. The molecule has 0 amide bonds. The molecule has 0 heterocycles. The molecule has 0 aliphatic rings. The van der Waals surface area contributed by atoms with Gasteiger partial charge in [-0.2, -0.15) is 0 Å². The van der Waals surface area contributed by atoms with E-state index in [0.29, 0.717) is 12.8 Å². The van der Waals surface area contributed by atoms with Gasteiger partial charge in [-0.15, -0.1) is 0 Å². The third-order valence-electron chi connectivity index (χ3n) is 12.2. The second-order valence-corrected chi connectivity index (χ2v) is 19.5. The molecule has 0 aliphatic heterocycles. The van der Waals surface area contributed by atoms with Crippen molar-refractivity contribution in [2.45, 2.75) is 252 Å². The van der Waals surface area contributed by atoms with Gasteiger partial charge in [0.15, 0.2) is 6.10 Å². The van der Waals surface area contributed by atoms with Gasteiger partial charge in [-0.1, -0.05) is 243 Å². The maximum atomic E-state index is 12.9. The van der Waals surface area contributed by atoms with Gasteiger partial charge in [-0.25, -0.2) is 0 Å². The van der Waals surface area contributed by atoms with Crippen molar-refractivity contribution in [3.05, 3.63) is 158 Å². The van der Waals surface area contributed by atoms with Gasteiger partial charge in [0, 0.05) is 19.3 Å². The zero-order valence-corrected chi connectivity index (χ0v) is 48.7. The average Bonchev–Trinajstić information content (AvgIpc) is 3.42. The Balaban J connectivity index is 4.55. The van der Waals surface area contributed by atoms with Crippen LogP contribution >= 0.6 is 0 Å².